The smallest absolute Gasteiger partial charge is 0.234 e. The van der Waals surface area contributed by atoms with E-state index >= 15 is 0 Å². The monoisotopic (exact) mass is 444 g/mol. The van der Waals surface area contributed by atoms with Gasteiger partial charge in [0.15, 0.2) is 17.1 Å². The number of nitrogens with zero attached hydrogens (tertiary/aromatic N) is 3. The van der Waals surface area contributed by atoms with Gasteiger partial charge < -0.3 is 14.6 Å². The minimum atomic E-state index is -0.346. The normalized spacial score (nSPS) is 11.9. The minimum Gasteiger partial charge on any atom is -0.481 e. The molecule has 1 atom stereocenters. The number of hydrogen-bond donors (Lipinski definition) is 1. The van der Waals surface area contributed by atoms with Gasteiger partial charge in [0.1, 0.15) is 5.75 Å². The number of rotatable bonds is 8. The van der Waals surface area contributed by atoms with E-state index in [1.807, 2.05) is 67.9 Å². The fourth-order valence-electron chi connectivity index (χ4n) is 3.02. The molecule has 0 fully saturated rings. The van der Waals surface area contributed by atoms with Crippen LogP contribution in [-0.4, -0.2) is 26.4 Å². The predicted octanol–water partition coefficient (Wildman–Crippen LogP) is 5.21. The summed E-state index contributed by atoms with van der Waals surface area (Å²) >= 11 is 7.56. The van der Waals surface area contributed by atoms with E-state index in [0.29, 0.717) is 21.8 Å². The summed E-state index contributed by atoms with van der Waals surface area (Å²) in [6.07, 6.45) is 0.514. The van der Waals surface area contributed by atoms with Crippen molar-refractivity contribution in [2.24, 2.45) is 7.05 Å². The number of anilines is 1. The lowest BCUT2D eigenvalue weighted by molar-refractivity contribution is -0.113. The fraction of sp³-hybridized carbons (Fsp3) is 0.318. The number of carbonyl (C=O) groups is 1. The summed E-state index contributed by atoms with van der Waals surface area (Å²) < 4.78 is 7.83. The highest BCUT2D eigenvalue weighted by Crippen LogP contribution is 2.30. The summed E-state index contributed by atoms with van der Waals surface area (Å²) in [5, 5.41) is 12.6. The highest BCUT2D eigenvalue weighted by molar-refractivity contribution is 7.99. The summed E-state index contributed by atoms with van der Waals surface area (Å²) in [7, 11) is 1.86. The third-order valence-corrected chi connectivity index (χ3v) is 5.96. The Labute approximate surface area is 186 Å². The maximum atomic E-state index is 12.4. The first-order valence-electron chi connectivity index (χ1n) is 9.71. The lowest BCUT2D eigenvalue weighted by Crippen LogP contribution is -2.16. The van der Waals surface area contributed by atoms with Crippen molar-refractivity contribution in [1.29, 1.82) is 0 Å². The molecule has 0 aliphatic carbocycles. The Morgan fingerprint density at radius 1 is 1.27 bits per heavy atom. The number of thioether (sulfide) groups is 1. The average Bonchev–Trinajstić information content (AvgIpc) is 3.10. The summed E-state index contributed by atoms with van der Waals surface area (Å²) in [6, 6.07) is 13.4. The largest absolute Gasteiger partial charge is 0.481 e. The molecule has 1 aromatic heterocycles. The Kier molecular flexibility index (Phi) is 7.39. The molecular weight excluding hydrogens is 420 g/mol. The predicted molar refractivity (Wildman–Crippen MR) is 121 cm³/mol. The lowest BCUT2D eigenvalue weighted by atomic mass is 10.1. The van der Waals surface area contributed by atoms with Crippen LogP contribution in [0.25, 0.3) is 0 Å². The lowest BCUT2D eigenvalue weighted by Gasteiger charge is -2.15. The Bertz CT molecular complexity index is 1040. The van der Waals surface area contributed by atoms with E-state index in [1.54, 1.807) is 0 Å². The van der Waals surface area contributed by atoms with E-state index in [9.17, 15) is 4.79 Å². The van der Waals surface area contributed by atoms with E-state index in [4.69, 9.17) is 16.3 Å². The molecule has 1 unspecified atom stereocenters. The summed E-state index contributed by atoms with van der Waals surface area (Å²) in [5.41, 5.74) is 3.02. The van der Waals surface area contributed by atoms with Crippen molar-refractivity contribution in [3.05, 3.63) is 64.4 Å². The van der Waals surface area contributed by atoms with Gasteiger partial charge in [0.25, 0.3) is 0 Å². The Balaban J connectivity index is 1.62. The van der Waals surface area contributed by atoms with Crippen molar-refractivity contribution in [1.82, 2.24) is 14.8 Å². The molecule has 2 aromatic carbocycles. The summed E-state index contributed by atoms with van der Waals surface area (Å²) in [6.45, 7) is 5.94. The Hall–Kier alpha value is -2.51. The van der Waals surface area contributed by atoms with Gasteiger partial charge in [0, 0.05) is 12.7 Å². The number of benzene rings is 2. The van der Waals surface area contributed by atoms with Gasteiger partial charge in [-0.15, -0.1) is 10.2 Å². The molecule has 6 nitrogen and oxygen atoms in total. The van der Waals surface area contributed by atoms with Gasteiger partial charge in [-0.1, -0.05) is 54.6 Å². The summed E-state index contributed by atoms with van der Waals surface area (Å²) in [5.74, 6) is 1.42. The van der Waals surface area contributed by atoms with E-state index in [0.717, 1.165) is 23.2 Å². The zero-order valence-corrected chi connectivity index (χ0v) is 19.0. The van der Waals surface area contributed by atoms with E-state index in [1.165, 1.54) is 11.8 Å². The first-order chi connectivity index (χ1) is 14.4. The first-order valence-corrected chi connectivity index (χ1v) is 11.1. The molecule has 1 heterocycles. The van der Waals surface area contributed by atoms with Gasteiger partial charge in [-0.2, -0.15) is 0 Å². The second-order valence-corrected chi connectivity index (χ2v) is 8.29. The van der Waals surface area contributed by atoms with Crippen molar-refractivity contribution in [3.8, 4) is 5.75 Å². The quantitative estimate of drug-likeness (QED) is 0.483. The van der Waals surface area contributed by atoms with Gasteiger partial charge >= 0.3 is 0 Å². The fourth-order valence-corrected chi connectivity index (χ4v) is 3.90. The van der Waals surface area contributed by atoms with Gasteiger partial charge in [0.05, 0.1) is 10.8 Å². The number of aryl methyl sites for hydroxylation is 2. The molecule has 30 heavy (non-hydrogen) atoms. The van der Waals surface area contributed by atoms with E-state index in [2.05, 4.69) is 22.4 Å². The van der Waals surface area contributed by atoms with Crippen molar-refractivity contribution in [2.75, 3.05) is 11.1 Å². The van der Waals surface area contributed by atoms with Crippen molar-refractivity contribution >= 4 is 35.0 Å². The molecule has 0 aliphatic rings. The highest BCUT2D eigenvalue weighted by Gasteiger charge is 2.19. The number of halogens is 1. The van der Waals surface area contributed by atoms with Crippen LogP contribution in [0.15, 0.2) is 47.6 Å². The zero-order chi connectivity index (χ0) is 21.7. The van der Waals surface area contributed by atoms with Crippen molar-refractivity contribution in [3.63, 3.8) is 0 Å². The molecule has 0 saturated heterocycles. The zero-order valence-electron chi connectivity index (χ0n) is 17.5. The van der Waals surface area contributed by atoms with Gasteiger partial charge in [-0.05, 0) is 49.6 Å². The van der Waals surface area contributed by atoms with Crippen molar-refractivity contribution < 1.29 is 9.53 Å². The number of carbonyl (C=O) groups excluding carboxylic acids is 1. The standard InChI is InChI=1S/C22H25ClN4O2S/c1-5-16-8-6-7-9-18(16)24-20(28)13-30-22-26-25-21(27(22)4)15(3)29-19-12-14(2)10-11-17(19)23/h6-12,15H,5,13H2,1-4H3,(H,24,28). The molecule has 0 aliphatic heterocycles. The van der Waals surface area contributed by atoms with Gasteiger partial charge in [0.2, 0.25) is 5.91 Å². The first kappa shape index (κ1) is 22.2. The molecule has 8 heteroatoms. The van der Waals surface area contributed by atoms with Crippen LogP contribution in [0.2, 0.25) is 5.02 Å². The minimum absolute atomic E-state index is 0.0821. The molecule has 3 aromatic rings. The topological polar surface area (TPSA) is 69.0 Å². The van der Waals surface area contributed by atoms with Crippen LogP contribution in [0.1, 0.15) is 36.9 Å². The van der Waals surface area contributed by atoms with Crippen LogP contribution in [0.3, 0.4) is 0 Å². The molecule has 1 amide bonds. The second-order valence-electron chi connectivity index (χ2n) is 6.94. The molecule has 3 rings (SSSR count). The number of nitrogens with one attached hydrogen (secondary N) is 1. The van der Waals surface area contributed by atoms with Crippen LogP contribution in [0.5, 0.6) is 5.75 Å². The third-order valence-electron chi connectivity index (χ3n) is 4.63. The molecule has 1 N–H and O–H groups in total. The Morgan fingerprint density at radius 3 is 2.80 bits per heavy atom. The number of ether oxygens (including phenoxy) is 1. The second kappa shape index (κ2) is 10.00. The van der Waals surface area contributed by atoms with Crippen LogP contribution in [0.4, 0.5) is 5.69 Å². The Morgan fingerprint density at radius 2 is 2.03 bits per heavy atom. The number of hydrogen-bond acceptors (Lipinski definition) is 5. The molecule has 158 valence electrons. The maximum absolute atomic E-state index is 12.4. The van der Waals surface area contributed by atoms with Crippen LogP contribution >= 0.6 is 23.4 Å². The number of amides is 1. The average molecular weight is 445 g/mol. The number of para-hydroxylation sites is 1. The van der Waals surface area contributed by atoms with Crippen molar-refractivity contribution in [2.45, 2.75) is 38.5 Å². The number of aromatic nitrogens is 3. The molecule has 0 spiro atoms. The third kappa shape index (κ3) is 5.34. The van der Waals surface area contributed by atoms with Gasteiger partial charge in [-0.25, -0.2) is 0 Å². The van der Waals surface area contributed by atoms with Crippen LogP contribution < -0.4 is 10.1 Å². The SMILES string of the molecule is CCc1ccccc1NC(=O)CSc1nnc(C(C)Oc2cc(C)ccc2Cl)n1C. The van der Waals surface area contributed by atoms with Crippen LogP contribution in [0, 0.1) is 6.92 Å². The van der Waals surface area contributed by atoms with E-state index < -0.39 is 0 Å². The maximum Gasteiger partial charge on any atom is 0.234 e. The highest BCUT2D eigenvalue weighted by atomic mass is 35.5. The molecule has 0 radical (unpaired) electrons. The molecule has 0 bridgehead atoms. The summed E-state index contributed by atoms with van der Waals surface area (Å²) in [4.78, 5) is 12.4. The van der Waals surface area contributed by atoms with Crippen LogP contribution in [-0.2, 0) is 18.3 Å². The van der Waals surface area contributed by atoms with Gasteiger partial charge in [-0.3, -0.25) is 4.79 Å². The van der Waals surface area contributed by atoms with E-state index in [-0.39, 0.29) is 17.8 Å². The molecule has 0 saturated carbocycles. The molecular formula is C22H25ClN4O2S.